The number of anilines is 1. The minimum Gasteiger partial charge on any atom is -0.496 e. The van der Waals surface area contributed by atoms with Crippen molar-refractivity contribution in [2.45, 2.75) is 13.2 Å². The van der Waals surface area contributed by atoms with Gasteiger partial charge in [0.25, 0.3) is 5.91 Å². The molecule has 34 heavy (non-hydrogen) atoms. The molecule has 6 nitrogen and oxygen atoms in total. The average Bonchev–Trinajstić information content (AvgIpc) is 3.27. The fourth-order valence-electron chi connectivity index (χ4n) is 3.25. The van der Waals surface area contributed by atoms with Crippen LogP contribution in [0.4, 0.5) is 10.2 Å². The Kier molecular flexibility index (Phi) is 7.35. The minimum atomic E-state index is -0.403. The quantitative estimate of drug-likeness (QED) is 0.312. The lowest BCUT2D eigenvalue weighted by Crippen LogP contribution is -2.14. The second-order valence-electron chi connectivity index (χ2n) is 7.36. The van der Waals surface area contributed by atoms with E-state index in [4.69, 9.17) is 32.7 Å². The molecule has 1 amide bonds. The second kappa shape index (κ2) is 10.6. The number of methoxy groups -OCH3 is 1. The molecule has 0 saturated heterocycles. The number of halogens is 3. The van der Waals surface area contributed by atoms with Gasteiger partial charge >= 0.3 is 0 Å². The van der Waals surface area contributed by atoms with Crippen LogP contribution in [0.25, 0.3) is 0 Å². The van der Waals surface area contributed by atoms with Crippen LogP contribution in [0.15, 0.2) is 72.9 Å². The van der Waals surface area contributed by atoms with E-state index in [9.17, 15) is 9.18 Å². The van der Waals surface area contributed by atoms with Crippen molar-refractivity contribution in [3.05, 3.63) is 105 Å². The molecule has 3 aromatic carbocycles. The highest BCUT2D eigenvalue weighted by atomic mass is 35.5. The number of benzene rings is 3. The first-order valence-corrected chi connectivity index (χ1v) is 11.0. The summed E-state index contributed by atoms with van der Waals surface area (Å²) in [6, 6.07) is 17.9. The number of amides is 1. The highest BCUT2D eigenvalue weighted by molar-refractivity contribution is 6.31. The van der Waals surface area contributed by atoms with Crippen molar-refractivity contribution >= 4 is 34.9 Å². The summed E-state index contributed by atoms with van der Waals surface area (Å²) >= 11 is 12.0. The van der Waals surface area contributed by atoms with Crippen molar-refractivity contribution in [1.29, 1.82) is 0 Å². The van der Waals surface area contributed by atoms with E-state index in [0.717, 1.165) is 0 Å². The third-order valence-electron chi connectivity index (χ3n) is 4.98. The van der Waals surface area contributed by atoms with E-state index in [1.807, 2.05) is 0 Å². The molecular formula is C25H20Cl2FN3O3. The molecule has 9 heteroatoms. The summed E-state index contributed by atoms with van der Waals surface area (Å²) in [4.78, 5) is 12.8. The SMILES string of the molecule is COc1ccc(C(=O)Nc2ccn(Cc3ccc(F)cc3Cl)n2)cc1COc1ccc(Cl)cc1. The van der Waals surface area contributed by atoms with Crippen LogP contribution in [0.3, 0.4) is 0 Å². The van der Waals surface area contributed by atoms with Crippen molar-refractivity contribution in [3.8, 4) is 11.5 Å². The van der Waals surface area contributed by atoms with Gasteiger partial charge in [-0.1, -0.05) is 29.3 Å². The number of carbonyl (C=O) groups excluding carboxylic acids is 1. The molecule has 0 radical (unpaired) electrons. The van der Waals surface area contributed by atoms with Crippen molar-refractivity contribution in [2.24, 2.45) is 0 Å². The summed E-state index contributed by atoms with van der Waals surface area (Å²) in [6.07, 6.45) is 1.70. The molecule has 0 unspecified atom stereocenters. The number of ether oxygens (including phenoxy) is 2. The standard InChI is InChI=1S/C25H20Cl2FN3O3/c1-33-23-9-3-16(12-18(23)15-34-21-7-4-19(26)5-8-21)25(32)29-24-10-11-31(30-24)14-17-2-6-20(28)13-22(17)27/h2-13H,14-15H2,1H3,(H,29,30,32). The number of nitrogens with one attached hydrogen (secondary N) is 1. The van der Waals surface area contributed by atoms with E-state index in [-0.39, 0.29) is 12.5 Å². The maximum atomic E-state index is 13.2. The zero-order chi connectivity index (χ0) is 24.1. The lowest BCUT2D eigenvalue weighted by Gasteiger charge is -2.12. The smallest absolute Gasteiger partial charge is 0.256 e. The summed E-state index contributed by atoms with van der Waals surface area (Å²) in [5.41, 5.74) is 1.85. The molecule has 0 aliphatic heterocycles. The van der Waals surface area contributed by atoms with Gasteiger partial charge in [-0.25, -0.2) is 4.39 Å². The number of hydrogen-bond acceptors (Lipinski definition) is 4. The van der Waals surface area contributed by atoms with Gasteiger partial charge in [0.15, 0.2) is 5.82 Å². The van der Waals surface area contributed by atoms with E-state index in [1.54, 1.807) is 72.6 Å². The Morgan fingerprint density at radius 2 is 1.82 bits per heavy atom. The number of nitrogens with zero attached hydrogens (tertiary/aromatic N) is 2. The zero-order valence-corrected chi connectivity index (χ0v) is 19.6. The third-order valence-corrected chi connectivity index (χ3v) is 5.58. The minimum absolute atomic E-state index is 0.207. The Morgan fingerprint density at radius 3 is 2.56 bits per heavy atom. The molecule has 0 aliphatic carbocycles. The summed E-state index contributed by atoms with van der Waals surface area (Å²) in [5.74, 6) is 0.886. The van der Waals surface area contributed by atoms with Crippen molar-refractivity contribution in [1.82, 2.24) is 9.78 Å². The van der Waals surface area contributed by atoms with Crippen LogP contribution >= 0.6 is 23.2 Å². The van der Waals surface area contributed by atoms with E-state index >= 15 is 0 Å². The number of rotatable bonds is 8. The first-order valence-electron chi connectivity index (χ1n) is 10.3. The number of carbonyl (C=O) groups is 1. The van der Waals surface area contributed by atoms with Gasteiger partial charge in [0.2, 0.25) is 0 Å². The average molecular weight is 500 g/mol. The van der Waals surface area contributed by atoms with E-state index in [1.165, 1.54) is 12.1 Å². The van der Waals surface area contributed by atoms with Crippen LogP contribution in [-0.2, 0) is 13.2 Å². The van der Waals surface area contributed by atoms with Gasteiger partial charge in [-0.3, -0.25) is 9.48 Å². The normalized spacial score (nSPS) is 10.7. The third kappa shape index (κ3) is 5.87. The molecule has 0 saturated carbocycles. The number of aromatic nitrogens is 2. The molecule has 0 atom stereocenters. The van der Waals surface area contributed by atoms with E-state index in [0.29, 0.717) is 50.6 Å². The molecule has 0 bridgehead atoms. The molecule has 0 spiro atoms. The maximum Gasteiger partial charge on any atom is 0.256 e. The molecule has 4 rings (SSSR count). The molecule has 4 aromatic rings. The monoisotopic (exact) mass is 499 g/mol. The van der Waals surface area contributed by atoms with Gasteiger partial charge in [0.1, 0.15) is 23.9 Å². The van der Waals surface area contributed by atoms with Gasteiger partial charge in [-0.2, -0.15) is 5.10 Å². The fraction of sp³-hybridized carbons (Fsp3) is 0.120. The first kappa shape index (κ1) is 23.6. The summed E-state index contributed by atoms with van der Waals surface area (Å²) in [5, 5.41) is 8.05. The van der Waals surface area contributed by atoms with Crippen molar-refractivity contribution in [3.63, 3.8) is 0 Å². The molecule has 0 aliphatic rings. The summed E-state index contributed by atoms with van der Waals surface area (Å²) in [6.45, 7) is 0.544. The predicted octanol–water partition coefficient (Wildman–Crippen LogP) is 6.22. The van der Waals surface area contributed by atoms with Crippen LogP contribution < -0.4 is 14.8 Å². The van der Waals surface area contributed by atoms with E-state index < -0.39 is 5.82 Å². The topological polar surface area (TPSA) is 65.4 Å². The van der Waals surface area contributed by atoms with Crippen LogP contribution in [0.2, 0.25) is 10.0 Å². The lowest BCUT2D eigenvalue weighted by atomic mass is 10.1. The van der Waals surface area contributed by atoms with Gasteiger partial charge in [0, 0.05) is 33.4 Å². The Morgan fingerprint density at radius 1 is 1.03 bits per heavy atom. The van der Waals surface area contributed by atoms with Gasteiger partial charge in [0.05, 0.1) is 13.7 Å². The molecule has 1 N–H and O–H groups in total. The molecule has 0 fully saturated rings. The van der Waals surface area contributed by atoms with Crippen LogP contribution in [0.5, 0.6) is 11.5 Å². The van der Waals surface area contributed by atoms with Crippen LogP contribution in [0, 0.1) is 5.82 Å². The van der Waals surface area contributed by atoms with E-state index in [2.05, 4.69) is 10.4 Å². The molecule has 1 heterocycles. The Bertz CT molecular complexity index is 1310. The largest absolute Gasteiger partial charge is 0.496 e. The number of hydrogen-bond donors (Lipinski definition) is 1. The summed E-state index contributed by atoms with van der Waals surface area (Å²) < 4.78 is 26.1. The van der Waals surface area contributed by atoms with Crippen molar-refractivity contribution < 1.29 is 18.7 Å². The van der Waals surface area contributed by atoms with Crippen LogP contribution in [-0.4, -0.2) is 22.8 Å². The first-order chi connectivity index (χ1) is 16.4. The maximum absolute atomic E-state index is 13.2. The fourth-order valence-corrected chi connectivity index (χ4v) is 3.61. The lowest BCUT2D eigenvalue weighted by molar-refractivity contribution is 0.102. The molecule has 174 valence electrons. The van der Waals surface area contributed by atoms with Crippen LogP contribution in [0.1, 0.15) is 21.5 Å². The Hall–Kier alpha value is -3.55. The molecular weight excluding hydrogens is 480 g/mol. The highest BCUT2D eigenvalue weighted by Crippen LogP contribution is 2.24. The summed E-state index contributed by atoms with van der Waals surface area (Å²) in [7, 11) is 1.56. The Labute approximate surface area is 205 Å². The van der Waals surface area contributed by atoms with Gasteiger partial charge < -0.3 is 14.8 Å². The highest BCUT2D eigenvalue weighted by Gasteiger charge is 2.13. The van der Waals surface area contributed by atoms with Crippen molar-refractivity contribution in [2.75, 3.05) is 12.4 Å². The van der Waals surface area contributed by atoms with Gasteiger partial charge in [-0.05, 0) is 60.2 Å². The predicted molar refractivity (Wildman–Crippen MR) is 129 cm³/mol. The second-order valence-corrected chi connectivity index (χ2v) is 8.20. The van der Waals surface area contributed by atoms with Gasteiger partial charge in [-0.15, -0.1) is 0 Å². The Balaban J connectivity index is 1.43. The molecule has 1 aromatic heterocycles. The zero-order valence-electron chi connectivity index (χ0n) is 18.1.